The molecule has 0 fully saturated rings. The summed E-state index contributed by atoms with van der Waals surface area (Å²) in [5.41, 5.74) is 0.548. The highest BCUT2D eigenvalue weighted by Gasteiger charge is 2.15. The molecule has 5 nitrogen and oxygen atoms in total. The minimum absolute atomic E-state index is 0.0127. The van der Waals surface area contributed by atoms with E-state index in [1.165, 1.54) is 12.1 Å². The van der Waals surface area contributed by atoms with Gasteiger partial charge >= 0.3 is 5.97 Å². The number of hydrogen-bond donors (Lipinski definition) is 2. The zero-order chi connectivity index (χ0) is 12.3. The number of carboxylic acids is 1. The minimum Gasteiger partial charge on any atom is -0.480 e. The second kappa shape index (κ2) is 4.48. The molecule has 0 aliphatic heterocycles. The van der Waals surface area contributed by atoms with E-state index in [2.05, 4.69) is 0 Å². The molecule has 1 aromatic carbocycles. The van der Waals surface area contributed by atoms with Crippen molar-refractivity contribution in [1.82, 2.24) is 0 Å². The average Bonchev–Trinajstić information content (AvgIpc) is 1.95. The summed E-state index contributed by atoms with van der Waals surface area (Å²) in [6.45, 7) is 1.60. The molecule has 1 rings (SSSR count). The van der Waals surface area contributed by atoms with Gasteiger partial charge in [-0.2, -0.15) is 0 Å². The molecule has 0 aliphatic rings. The summed E-state index contributed by atoms with van der Waals surface area (Å²) in [4.78, 5) is 10.2. The van der Waals surface area contributed by atoms with Gasteiger partial charge in [-0.1, -0.05) is 0 Å². The average molecular weight is 247 g/mol. The summed E-state index contributed by atoms with van der Waals surface area (Å²) in [6, 6.07) is 3.61. The van der Waals surface area contributed by atoms with Gasteiger partial charge in [-0.25, -0.2) is 12.8 Å². The molecule has 0 spiro atoms. The molecular weight excluding hydrogens is 237 g/mol. The SMILES string of the molecule is Cc1cc(F)cc(NS(=O)(=O)CC(=O)O)c1. The number of aryl methyl sites for hydroxylation is 1. The van der Waals surface area contributed by atoms with Crippen LogP contribution in [0.4, 0.5) is 10.1 Å². The van der Waals surface area contributed by atoms with E-state index in [0.717, 1.165) is 6.07 Å². The third-order valence-corrected chi connectivity index (χ3v) is 2.80. The van der Waals surface area contributed by atoms with Crippen molar-refractivity contribution in [3.05, 3.63) is 29.6 Å². The molecule has 0 aromatic heterocycles. The molecule has 0 radical (unpaired) electrons. The van der Waals surface area contributed by atoms with Crippen molar-refractivity contribution >= 4 is 21.7 Å². The number of carboxylic acid groups (broad SMARTS) is 1. The number of carbonyl (C=O) groups is 1. The monoisotopic (exact) mass is 247 g/mol. The van der Waals surface area contributed by atoms with E-state index >= 15 is 0 Å². The molecule has 0 heterocycles. The summed E-state index contributed by atoms with van der Waals surface area (Å²) >= 11 is 0. The van der Waals surface area contributed by atoms with Crippen molar-refractivity contribution in [2.75, 3.05) is 10.5 Å². The Kier molecular flexibility index (Phi) is 3.48. The third kappa shape index (κ3) is 3.85. The smallest absolute Gasteiger partial charge is 0.320 e. The fourth-order valence-corrected chi connectivity index (χ4v) is 2.05. The van der Waals surface area contributed by atoms with Crippen LogP contribution in [0.5, 0.6) is 0 Å². The van der Waals surface area contributed by atoms with Gasteiger partial charge in [0, 0.05) is 0 Å². The molecule has 88 valence electrons. The predicted molar refractivity (Wildman–Crippen MR) is 56.2 cm³/mol. The summed E-state index contributed by atoms with van der Waals surface area (Å²) in [5, 5.41) is 8.34. The summed E-state index contributed by atoms with van der Waals surface area (Å²) in [6.07, 6.45) is 0. The van der Waals surface area contributed by atoms with E-state index in [1.807, 2.05) is 4.72 Å². The number of anilines is 1. The van der Waals surface area contributed by atoms with Crippen molar-refractivity contribution < 1.29 is 22.7 Å². The highest BCUT2D eigenvalue weighted by atomic mass is 32.2. The van der Waals surface area contributed by atoms with E-state index in [1.54, 1.807) is 6.92 Å². The van der Waals surface area contributed by atoms with Crippen LogP contribution in [0.3, 0.4) is 0 Å². The van der Waals surface area contributed by atoms with Gasteiger partial charge < -0.3 is 5.11 Å². The lowest BCUT2D eigenvalue weighted by atomic mass is 10.2. The Hall–Kier alpha value is -1.63. The van der Waals surface area contributed by atoms with E-state index in [9.17, 15) is 17.6 Å². The molecule has 16 heavy (non-hydrogen) atoms. The van der Waals surface area contributed by atoms with Crippen LogP contribution in [-0.4, -0.2) is 25.2 Å². The number of halogens is 1. The quantitative estimate of drug-likeness (QED) is 0.830. The largest absolute Gasteiger partial charge is 0.480 e. The molecule has 7 heteroatoms. The van der Waals surface area contributed by atoms with Crippen LogP contribution < -0.4 is 4.72 Å². The lowest BCUT2D eigenvalue weighted by Crippen LogP contribution is -2.22. The maximum absolute atomic E-state index is 12.9. The predicted octanol–water partition coefficient (Wildman–Crippen LogP) is 0.960. The van der Waals surface area contributed by atoms with E-state index in [-0.39, 0.29) is 5.69 Å². The molecule has 2 N–H and O–H groups in total. The second-order valence-corrected chi connectivity index (χ2v) is 4.99. The number of hydrogen-bond acceptors (Lipinski definition) is 3. The third-order valence-electron chi connectivity index (χ3n) is 1.63. The van der Waals surface area contributed by atoms with Crippen LogP contribution in [0.15, 0.2) is 18.2 Å². The number of aliphatic carboxylic acids is 1. The first-order chi connectivity index (χ1) is 7.28. The number of sulfonamides is 1. The van der Waals surface area contributed by atoms with E-state index in [4.69, 9.17) is 5.11 Å². The first-order valence-corrected chi connectivity index (χ1v) is 5.93. The molecule has 0 atom stereocenters. The van der Waals surface area contributed by atoms with E-state index < -0.39 is 27.6 Å². The molecule has 0 bridgehead atoms. The van der Waals surface area contributed by atoms with Crippen LogP contribution >= 0.6 is 0 Å². The Morgan fingerprint density at radius 1 is 1.44 bits per heavy atom. The van der Waals surface area contributed by atoms with Crippen molar-refractivity contribution in [1.29, 1.82) is 0 Å². The molecular formula is C9H10FNO4S. The van der Waals surface area contributed by atoms with Gasteiger partial charge in [0.2, 0.25) is 10.0 Å². The van der Waals surface area contributed by atoms with Gasteiger partial charge in [0.15, 0.2) is 5.75 Å². The van der Waals surface area contributed by atoms with Gasteiger partial charge in [0.25, 0.3) is 0 Å². The zero-order valence-corrected chi connectivity index (χ0v) is 9.21. The fraction of sp³-hybridized carbons (Fsp3) is 0.222. The maximum atomic E-state index is 12.9. The summed E-state index contributed by atoms with van der Waals surface area (Å²) < 4.78 is 37.3. The lowest BCUT2D eigenvalue weighted by molar-refractivity contribution is -0.134. The number of benzene rings is 1. The fourth-order valence-electron chi connectivity index (χ4n) is 1.17. The first-order valence-electron chi connectivity index (χ1n) is 4.28. The van der Waals surface area contributed by atoms with Crippen molar-refractivity contribution in [2.24, 2.45) is 0 Å². The topological polar surface area (TPSA) is 83.5 Å². The number of nitrogens with one attached hydrogen (secondary N) is 1. The molecule has 0 saturated carbocycles. The van der Waals surface area contributed by atoms with Crippen LogP contribution in [0.1, 0.15) is 5.56 Å². The van der Waals surface area contributed by atoms with Crippen LogP contribution in [0.2, 0.25) is 0 Å². The molecule has 0 saturated heterocycles. The lowest BCUT2D eigenvalue weighted by Gasteiger charge is -2.06. The summed E-state index contributed by atoms with van der Waals surface area (Å²) in [5.74, 6) is -3.11. The normalized spacial score (nSPS) is 11.1. The molecule has 1 aromatic rings. The van der Waals surface area contributed by atoms with Crippen LogP contribution in [-0.2, 0) is 14.8 Å². The van der Waals surface area contributed by atoms with Gasteiger partial charge in [-0.05, 0) is 30.7 Å². The maximum Gasteiger partial charge on any atom is 0.320 e. The van der Waals surface area contributed by atoms with Gasteiger partial charge in [-0.3, -0.25) is 9.52 Å². The molecule has 0 amide bonds. The van der Waals surface area contributed by atoms with Crippen molar-refractivity contribution in [2.45, 2.75) is 6.92 Å². The molecule has 0 unspecified atom stereocenters. The zero-order valence-electron chi connectivity index (χ0n) is 8.40. The standard InChI is InChI=1S/C9H10FNO4S/c1-6-2-7(10)4-8(3-6)11-16(14,15)5-9(12)13/h2-4,11H,5H2,1H3,(H,12,13). The highest BCUT2D eigenvalue weighted by molar-refractivity contribution is 7.93. The van der Waals surface area contributed by atoms with Gasteiger partial charge in [0.1, 0.15) is 5.82 Å². The van der Waals surface area contributed by atoms with Gasteiger partial charge in [-0.15, -0.1) is 0 Å². The Morgan fingerprint density at radius 2 is 2.06 bits per heavy atom. The minimum atomic E-state index is -3.98. The van der Waals surface area contributed by atoms with E-state index in [0.29, 0.717) is 5.56 Å². The summed E-state index contributed by atoms with van der Waals surface area (Å²) in [7, 11) is -3.98. The van der Waals surface area contributed by atoms with Crippen LogP contribution in [0.25, 0.3) is 0 Å². The Morgan fingerprint density at radius 3 is 2.56 bits per heavy atom. The Balaban J connectivity index is 2.92. The molecule has 0 aliphatic carbocycles. The van der Waals surface area contributed by atoms with Crippen molar-refractivity contribution in [3.8, 4) is 0 Å². The van der Waals surface area contributed by atoms with Crippen LogP contribution in [0, 0.1) is 12.7 Å². The highest BCUT2D eigenvalue weighted by Crippen LogP contribution is 2.14. The van der Waals surface area contributed by atoms with Crippen molar-refractivity contribution in [3.63, 3.8) is 0 Å². The second-order valence-electron chi connectivity index (χ2n) is 3.27. The van der Waals surface area contributed by atoms with Gasteiger partial charge in [0.05, 0.1) is 5.69 Å². The first kappa shape index (κ1) is 12.4. The number of rotatable bonds is 4. The Labute approximate surface area is 92.0 Å². The Bertz CT molecular complexity index is 492.